The Morgan fingerprint density at radius 2 is 1.92 bits per heavy atom. The molecule has 0 saturated carbocycles. The maximum Gasteiger partial charge on any atom is 0.332 e. The normalized spacial score (nSPS) is 18.2. The van der Waals surface area contributed by atoms with Gasteiger partial charge in [0, 0.05) is 31.9 Å². The number of fused-ring (bicyclic) bond motifs is 1. The summed E-state index contributed by atoms with van der Waals surface area (Å²) in [5.41, 5.74) is -0.632. The molecule has 8 heteroatoms. The Labute approximate surface area is 150 Å². The summed E-state index contributed by atoms with van der Waals surface area (Å²) >= 11 is 1.51. The van der Waals surface area contributed by atoms with E-state index in [4.69, 9.17) is 4.74 Å². The molecule has 25 heavy (non-hydrogen) atoms. The zero-order valence-electron chi connectivity index (χ0n) is 15.3. The Bertz CT molecular complexity index is 921. The Morgan fingerprint density at radius 1 is 1.20 bits per heavy atom. The van der Waals surface area contributed by atoms with E-state index in [9.17, 15) is 9.59 Å². The van der Waals surface area contributed by atoms with Gasteiger partial charge in [-0.25, -0.2) is 14.8 Å². The smallest absolute Gasteiger partial charge is 0.332 e. The molecule has 0 bridgehead atoms. The van der Waals surface area contributed by atoms with Crippen molar-refractivity contribution in [1.82, 2.24) is 19.1 Å². The molecule has 1 aliphatic rings. The SMILES string of the molecule is Cn1c(=O)c2c(SCC3CCCO3)nc(C(C)(C)C)nc2n(C)c1=O. The molecule has 1 saturated heterocycles. The van der Waals surface area contributed by atoms with Gasteiger partial charge in [-0.15, -0.1) is 11.8 Å². The number of rotatable bonds is 3. The van der Waals surface area contributed by atoms with Crippen LogP contribution in [-0.4, -0.2) is 37.6 Å². The van der Waals surface area contributed by atoms with Crippen molar-refractivity contribution in [2.75, 3.05) is 12.4 Å². The van der Waals surface area contributed by atoms with Gasteiger partial charge in [-0.3, -0.25) is 13.9 Å². The molecule has 0 radical (unpaired) electrons. The van der Waals surface area contributed by atoms with Crippen LogP contribution in [0.3, 0.4) is 0 Å². The average Bonchev–Trinajstić information content (AvgIpc) is 3.08. The van der Waals surface area contributed by atoms with Gasteiger partial charge in [-0.2, -0.15) is 0 Å². The zero-order chi connectivity index (χ0) is 18.4. The Hall–Kier alpha value is -1.67. The lowest BCUT2D eigenvalue weighted by Gasteiger charge is -2.19. The van der Waals surface area contributed by atoms with E-state index < -0.39 is 0 Å². The van der Waals surface area contributed by atoms with Crippen molar-refractivity contribution in [3.8, 4) is 0 Å². The minimum absolute atomic E-state index is 0.185. The van der Waals surface area contributed by atoms with Crippen LogP contribution >= 0.6 is 11.8 Å². The third kappa shape index (κ3) is 3.37. The monoisotopic (exact) mass is 364 g/mol. The highest BCUT2D eigenvalue weighted by Gasteiger charge is 2.24. The number of ether oxygens (including phenoxy) is 1. The van der Waals surface area contributed by atoms with Crippen molar-refractivity contribution in [3.05, 3.63) is 26.7 Å². The van der Waals surface area contributed by atoms with Gasteiger partial charge in [0.2, 0.25) is 0 Å². The number of aromatic nitrogens is 4. The molecule has 3 heterocycles. The lowest BCUT2D eigenvalue weighted by Crippen LogP contribution is -2.38. The molecule has 1 fully saturated rings. The quantitative estimate of drug-likeness (QED) is 0.608. The van der Waals surface area contributed by atoms with E-state index in [0.717, 1.165) is 29.8 Å². The van der Waals surface area contributed by atoms with Crippen LogP contribution in [0.25, 0.3) is 11.0 Å². The highest BCUT2D eigenvalue weighted by molar-refractivity contribution is 7.99. The van der Waals surface area contributed by atoms with Crippen LogP contribution in [0.1, 0.15) is 39.4 Å². The van der Waals surface area contributed by atoms with E-state index in [1.165, 1.54) is 23.4 Å². The second kappa shape index (κ2) is 6.57. The maximum absolute atomic E-state index is 12.7. The molecule has 1 unspecified atom stereocenters. The van der Waals surface area contributed by atoms with E-state index in [1.807, 2.05) is 20.8 Å². The van der Waals surface area contributed by atoms with Crippen molar-refractivity contribution in [1.29, 1.82) is 0 Å². The molecule has 1 aliphatic heterocycles. The molecule has 2 aromatic heterocycles. The summed E-state index contributed by atoms with van der Waals surface area (Å²) in [6.45, 7) is 6.84. The van der Waals surface area contributed by atoms with Crippen LogP contribution in [0.2, 0.25) is 0 Å². The highest BCUT2D eigenvalue weighted by atomic mass is 32.2. The maximum atomic E-state index is 12.7. The van der Waals surface area contributed by atoms with Gasteiger partial charge in [0.1, 0.15) is 16.2 Å². The molecular formula is C17H24N4O3S. The predicted molar refractivity (Wildman–Crippen MR) is 98.4 cm³/mol. The fraction of sp³-hybridized carbons (Fsp3) is 0.647. The molecule has 0 aliphatic carbocycles. The van der Waals surface area contributed by atoms with Gasteiger partial charge in [-0.1, -0.05) is 20.8 Å². The molecule has 0 spiro atoms. The Balaban J connectivity index is 2.20. The fourth-order valence-corrected chi connectivity index (χ4v) is 3.90. The first-order valence-electron chi connectivity index (χ1n) is 8.43. The van der Waals surface area contributed by atoms with E-state index in [0.29, 0.717) is 21.9 Å². The summed E-state index contributed by atoms with van der Waals surface area (Å²) in [4.78, 5) is 34.2. The Kier molecular flexibility index (Phi) is 4.76. The van der Waals surface area contributed by atoms with Gasteiger partial charge in [0.15, 0.2) is 5.65 Å². The average molecular weight is 364 g/mol. The minimum atomic E-state index is -0.383. The summed E-state index contributed by atoms with van der Waals surface area (Å²) in [7, 11) is 3.12. The van der Waals surface area contributed by atoms with E-state index in [2.05, 4.69) is 9.97 Å². The van der Waals surface area contributed by atoms with Crippen molar-refractivity contribution in [3.63, 3.8) is 0 Å². The lowest BCUT2D eigenvalue weighted by molar-refractivity contribution is 0.129. The summed E-state index contributed by atoms with van der Waals surface area (Å²) in [5, 5.41) is 1.03. The number of nitrogens with zero attached hydrogens (tertiary/aromatic N) is 4. The molecule has 0 amide bonds. The molecule has 0 N–H and O–H groups in total. The first kappa shape index (κ1) is 18.1. The third-order valence-electron chi connectivity index (χ3n) is 4.37. The van der Waals surface area contributed by atoms with E-state index in [1.54, 1.807) is 7.05 Å². The number of thioether (sulfide) groups is 1. The summed E-state index contributed by atoms with van der Waals surface area (Å²) < 4.78 is 8.21. The fourth-order valence-electron chi connectivity index (χ4n) is 2.82. The van der Waals surface area contributed by atoms with Crippen molar-refractivity contribution >= 4 is 22.8 Å². The van der Waals surface area contributed by atoms with Gasteiger partial charge in [0.05, 0.1) is 6.10 Å². The summed E-state index contributed by atoms with van der Waals surface area (Å²) in [6, 6.07) is 0. The Morgan fingerprint density at radius 3 is 2.52 bits per heavy atom. The molecule has 3 rings (SSSR count). The van der Waals surface area contributed by atoms with Crippen LogP contribution in [0.4, 0.5) is 0 Å². The summed E-state index contributed by atoms with van der Waals surface area (Å²) in [6.07, 6.45) is 2.28. The topological polar surface area (TPSA) is 79.0 Å². The lowest BCUT2D eigenvalue weighted by atomic mass is 9.96. The molecule has 0 aromatic carbocycles. The van der Waals surface area contributed by atoms with Gasteiger partial charge in [-0.05, 0) is 12.8 Å². The number of aryl methyl sites for hydroxylation is 1. The third-order valence-corrected chi connectivity index (χ3v) is 5.47. The minimum Gasteiger partial charge on any atom is -0.377 e. The van der Waals surface area contributed by atoms with Gasteiger partial charge >= 0.3 is 5.69 Å². The highest BCUT2D eigenvalue weighted by Crippen LogP contribution is 2.29. The number of hydrogen-bond acceptors (Lipinski definition) is 6. The molecular weight excluding hydrogens is 340 g/mol. The van der Waals surface area contributed by atoms with Crippen molar-refractivity contribution in [2.45, 2.75) is 50.2 Å². The van der Waals surface area contributed by atoms with Gasteiger partial charge in [0.25, 0.3) is 5.56 Å². The molecule has 136 valence electrons. The van der Waals surface area contributed by atoms with Crippen LogP contribution in [0.5, 0.6) is 0 Å². The summed E-state index contributed by atoms with van der Waals surface area (Å²) in [5.74, 6) is 1.36. The van der Waals surface area contributed by atoms with Crippen molar-refractivity contribution in [2.24, 2.45) is 14.1 Å². The van der Waals surface area contributed by atoms with Crippen LogP contribution < -0.4 is 11.2 Å². The molecule has 2 aromatic rings. The predicted octanol–water partition coefficient (Wildman–Crippen LogP) is 1.60. The van der Waals surface area contributed by atoms with Gasteiger partial charge < -0.3 is 4.74 Å². The van der Waals surface area contributed by atoms with Crippen LogP contribution in [-0.2, 0) is 24.2 Å². The largest absolute Gasteiger partial charge is 0.377 e. The van der Waals surface area contributed by atoms with Crippen LogP contribution in [0, 0.1) is 0 Å². The number of hydrogen-bond donors (Lipinski definition) is 0. The zero-order valence-corrected chi connectivity index (χ0v) is 16.1. The first-order valence-corrected chi connectivity index (χ1v) is 9.41. The standard InChI is InChI=1S/C17H24N4O3S/c1-17(2,3)15-18-12-11(14(22)21(5)16(23)20(12)4)13(19-15)25-9-10-7-6-8-24-10/h10H,6-9H2,1-5H3. The molecule has 7 nitrogen and oxygen atoms in total. The van der Waals surface area contributed by atoms with Crippen LogP contribution in [0.15, 0.2) is 14.6 Å². The van der Waals surface area contributed by atoms with E-state index >= 15 is 0 Å². The second-order valence-corrected chi connectivity index (χ2v) is 8.46. The second-order valence-electron chi connectivity index (χ2n) is 7.45. The molecule has 1 atom stereocenters. The first-order chi connectivity index (χ1) is 11.7. The van der Waals surface area contributed by atoms with Crippen molar-refractivity contribution < 1.29 is 4.74 Å². The van der Waals surface area contributed by atoms with E-state index in [-0.39, 0.29) is 22.8 Å².